The second kappa shape index (κ2) is 7.36. The van der Waals surface area contributed by atoms with Gasteiger partial charge in [0.1, 0.15) is 5.66 Å². The van der Waals surface area contributed by atoms with Gasteiger partial charge in [0.05, 0.1) is 14.2 Å². The molecule has 1 amide bonds. The molecule has 0 spiro atoms. The second-order valence-electron chi connectivity index (χ2n) is 5.73. The Bertz CT molecular complexity index is 703. The molecule has 2 N–H and O–H groups in total. The fraction of sp³-hybridized carbons (Fsp3) is 0.316. The molecule has 1 atom stereocenters. The number of hydrogen-bond donors (Lipinski definition) is 1. The molecule has 2 aromatic rings. The molecule has 0 heterocycles. The summed E-state index contributed by atoms with van der Waals surface area (Å²) in [6.45, 7) is 1.51. The molecule has 128 valence electrons. The first-order valence-corrected chi connectivity index (χ1v) is 7.72. The zero-order valence-electron chi connectivity index (χ0n) is 14.6. The van der Waals surface area contributed by atoms with Crippen LogP contribution in [0.25, 0.3) is 0 Å². The third kappa shape index (κ3) is 3.51. The molecule has 0 aliphatic rings. The van der Waals surface area contributed by atoms with Crippen molar-refractivity contribution in [3.8, 4) is 11.5 Å². The Hall–Kier alpha value is -2.53. The maximum absolute atomic E-state index is 12.0. The van der Waals surface area contributed by atoms with Crippen LogP contribution in [0.1, 0.15) is 18.1 Å². The molecular formula is C19H24N2O3. The number of hydrogen-bond acceptors (Lipinski definition) is 4. The summed E-state index contributed by atoms with van der Waals surface area (Å²) < 4.78 is 10.7. The van der Waals surface area contributed by atoms with Crippen LogP contribution in [0.2, 0.25) is 0 Å². The Morgan fingerprint density at radius 1 is 1.08 bits per heavy atom. The van der Waals surface area contributed by atoms with E-state index in [2.05, 4.69) is 0 Å². The van der Waals surface area contributed by atoms with Crippen molar-refractivity contribution < 1.29 is 14.3 Å². The van der Waals surface area contributed by atoms with Crippen molar-refractivity contribution in [1.82, 2.24) is 4.90 Å². The number of benzene rings is 2. The number of nitrogens with two attached hydrogens (primary N) is 1. The monoisotopic (exact) mass is 328 g/mol. The number of amides is 1. The van der Waals surface area contributed by atoms with Crippen LogP contribution in [-0.4, -0.2) is 32.1 Å². The van der Waals surface area contributed by atoms with Crippen LogP contribution in [0.3, 0.4) is 0 Å². The van der Waals surface area contributed by atoms with Gasteiger partial charge in [-0.25, -0.2) is 0 Å². The van der Waals surface area contributed by atoms with Gasteiger partial charge in [-0.1, -0.05) is 36.4 Å². The molecule has 2 aromatic carbocycles. The highest BCUT2D eigenvalue weighted by atomic mass is 16.5. The van der Waals surface area contributed by atoms with Crippen molar-refractivity contribution >= 4 is 5.91 Å². The zero-order valence-corrected chi connectivity index (χ0v) is 14.6. The normalized spacial score (nSPS) is 13.0. The minimum absolute atomic E-state index is 0.108. The molecule has 1 unspecified atom stereocenters. The third-order valence-electron chi connectivity index (χ3n) is 4.27. The maximum atomic E-state index is 12.0. The predicted molar refractivity (Wildman–Crippen MR) is 94.0 cm³/mol. The van der Waals surface area contributed by atoms with Crippen molar-refractivity contribution in [2.24, 2.45) is 5.73 Å². The highest BCUT2D eigenvalue weighted by Crippen LogP contribution is 2.34. The summed E-state index contributed by atoms with van der Waals surface area (Å²) in [6.07, 6.45) is 0.486. The molecule has 0 saturated heterocycles. The van der Waals surface area contributed by atoms with Gasteiger partial charge < -0.3 is 20.1 Å². The van der Waals surface area contributed by atoms with Gasteiger partial charge in [0.15, 0.2) is 11.5 Å². The average Bonchev–Trinajstić information content (AvgIpc) is 2.60. The Morgan fingerprint density at radius 3 is 2.25 bits per heavy atom. The fourth-order valence-electron chi connectivity index (χ4n) is 2.71. The lowest BCUT2D eigenvalue weighted by Crippen LogP contribution is -2.54. The minimum Gasteiger partial charge on any atom is -0.493 e. The first-order chi connectivity index (χ1) is 11.4. The van der Waals surface area contributed by atoms with Gasteiger partial charge in [0.2, 0.25) is 5.91 Å². The van der Waals surface area contributed by atoms with Gasteiger partial charge in [0, 0.05) is 20.4 Å². The number of methoxy groups -OCH3 is 2. The number of carbonyl (C=O) groups excluding carboxylic acids is 1. The zero-order chi connectivity index (χ0) is 17.7. The largest absolute Gasteiger partial charge is 0.493 e. The summed E-state index contributed by atoms with van der Waals surface area (Å²) in [5.41, 5.74) is 7.55. The summed E-state index contributed by atoms with van der Waals surface area (Å²) in [4.78, 5) is 13.6. The number of rotatable bonds is 6. The van der Waals surface area contributed by atoms with Crippen molar-refractivity contribution in [2.75, 3.05) is 21.3 Å². The van der Waals surface area contributed by atoms with E-state index in [9.17, 15) is 4.79 Å². The minimum atomic E-state index is -0.993. The van der Waals surface area contributed by atoms with Crippen LogP contribution in [0.5, 0.6) is 11.5 Å². The van der Waals surface area contributed by atoms with E-state index in [4.69, 9.17) is 15.2 Å². The molecule has 0 aliphatic carbocycles. The van der Waals surface area contributed by atoms with Crippen molar-refractivity contribution in [1.29, 1.82) is 0 Å². The van der Waals surface area contributed by atoms with Crippen LogP contribution in [-0.2, 0) is 16.9 Å². The molecule has 24 heavy (non-hydrogen) atoms. The molecule has 5 nitrogen and oxygen atoms in total. The molecule has 0 radical (unpaired) electrons. The molecule has 0 saturated carbocycles. The summed E-state index contributed by atoms with van der Waals surface area (Å²) in [7, 11) is 4.87. The lowest BCUT2D eigenvalue weighted by molar-refractivity contribution is -0.133. The van der Waals surface area contributed by atoms with Crippen LogP contribution >= 0.6 is 0 Å². The molecule has 0 bridgehead atoms. The summed E-state index contributed by atoms with van der Waals surface area (Å²) in [5.74, 6) is 1.09. The predicted octanol–water partition coefficient (Wildman–Crippen LogP) is 2.54. The summed E-state index contributed by atoms with van der Waals surface area (Å²) >= 11 is 0. The molecule has 2 rings (SSSR count). The van der Waals surface area contributed by atoms with E-state index in [0.717, 1.165) is 11.1 Å². The number of likely N-dealkylation sites (N-methyl/N-ethyl adjacent to an activating group) is 1. The first-order valence-electron chi connectivity index (χ1n) is 7.72. The smallest absolute Gasteiger partial charge is 0.220 e. The van der Waals surface area contributed by atoms with E-state index in [1.54, 1.807) is 32.2 Å². The molecular weight excluding hydrogens is 304 g/mol. The van der Waals surface area contributed by atoms with Gasteiger partial charge in [0.25, 0.3) is 0 Å². The standard InChI is InChI=1S/C19H24N2O3/c1-14(22)21(2)19(20,13-15-8-6-5-7-9-15)16-10-11-17(23-3)18(12-16)24-4/h5-12H,13,20H2,1-4H3. The Kier molecular flexibility index (Phi) is 5.46. The topological polar surface area (TPSA) is 64.8 Å². The van der Waals surface area contributed by atoms with Crippen molar-refractivity contribution in [2.45, 2.75) is 19.0 Å². The van der Waals surface area contributed by atoms with Gasteiger partial charge in [-0.2, -0.15) is 0 Å². The quantitative estimate of drug-likeness (QED) is 0.828. The number of carbonyl (C=O) groups is 1. The molecule has 0 fully saturated rings. The maximum Gasteiger partial charge on any atom is 0.220 e. The Labute approximate surface area is 143 Å². The van der Waals surface area contributed by atoms with Gasteiger partial charge in [-0.15, -0.1) is 0 Å². The van der Waals surface area contributed by atoms with Crippen LogP contribution in [0.4, 0.5) is 0 Å². The fourth-order valence-corrected chi connectivity index (χ4v) is 2.71. The molecule has 0 aromatic heterocycles. The first kappa shape index (κ1) is 17.8. The average molecular weight is 328 g/mol. The van der Waals surface area contributed by atoms with Crippen molar-refractivity contribution in [3.63, 3.8) is 0 Å². The molecule has 0 aliphatic heterocycles. The van der Waals surface area contributed by atoms with Gasteiger partial charge >= 0.3 is 0 Å². The van der Waals surface area contributed by atoms with E-state index in [1.165, 1.54) is 6.92 Å². The SMILES string of the molecule is COc1ccc(C(N)(Cc2ccccc2)N(C)C(C)=O)cc1OC. The van der Waals surface area contributed by atoms with E-state index in [1.807, 2.05) is 42.5 Å². The van der Waals surface area contributed by atoms with Gasteiger partial charge in [-0.3, -0.25) is 4.79 Å². The lowest BCUT2D eigenvalue weighted by Gasteiger charge is -2.39. The Balaban J connectivity index is 2.52. The number of nitrogens with zero attached hydrogens (tertiary/aromatic N) is 1. The van der Waals surface area contributed by atoms with Crippen LogP contribution in [0.15, 0.2) is 48.5 Å². The number of ether oxygens (including phenoxy) is 2. The summed E-state index contributed by atoms with van der Waals surface area (Å²) in [5, 5.41) is 0. The molecule has 5 heteroatoms. The van der Waals surface area contributed by atoms with Gasteiger partial charge in [-0.05, 0) is 23.3 Å². The van der Waals surface area contributed by atoms with Crippen molar-refractivity contribution in [3.05, 3.63) is 59.7 Å². The van der Waals surface area contributed by atoms with E-state index in [0.29, 0.717) is 17.9 Å². The Morgan fingerprint density at radius 2 is 1.71 bits per heavy atom. The lowest BCUT2D eigenvalue weighted by atomic mass is 9.90. The van der Waals surface area contributed by atoms with E-state index in [-0.39, 0.29) is 5.91 Å². The second-order valence-corrected chi connectivity index (χ2v) is 5.73. The highest BCUT2D eigenvalue weighted by molar-refractivity contribution is 5.74. The summed E-state index contributed by atoms with van der Waals surface area (Å²) in [6, 6.07) is 15.3. The third-order valence-corrected chi connectivity index (χ3v) is 4.27. The van der Waals surface area contributed by atoms with Crippen LogP contribution in [0, 0.1) is 0 Å². The van der Waals surface area contributed by atoms with Crippen LogP contribution < -0.4 is 15.2 Å². The highest BCUT2D eigenvalue weighted by Gasteiger charge is 2.35. The van der Waals surface area contributed by atoms with E-state index < -0.39 is 5.66 Å². The van der Waals surface area contributed by atoms with E-state index >= 15 is 0 Å².